The van der Waals surface area contributed by atoms with Gasteiger partial charge in [-0.1, -0.05) is 13.3 Å². The van der Waals surface area contributed by atoms with Crippen molar-refractivity contribution in [1.29, 1.82) is 0 Å². The summed E-state index contributed by atoms with van der Waals surface area (Å²) in [6.07, 6.45) is 6.91. The normalized spacial score (nSPS) is 32.3. The lowest BCUT2D eigenvalue weighted by molar-refractivity contribution is -0.136. The van der Waals surface area contributed by atoms with Crippen molar-refractivity contribution in [3.05, 3.63) is 40.1 Å². The molecule has 3 unspecified atom stereocenters. The Hall–Kier alpha value is -1.92. The molecule has 2 aliphatic heterocycles. The lowest BCUT2D eigenvalue weighted by Gasteiger charge is -2.48. The Morgan fingerprint density at radius 1 is 1.10 bits per heavy atom. The maximum atomic E-state index is 14.4. The Morgan fingerprint density at radius 3 is 2.60 bits per heavy atom. The smallest absolute Gasteiger partial charge is 0.384 e. The molecule has 2 aromatic heterocycles. The third kappa shape index (κ3) is 6.04. The molecule has 2 aromatic rings. The zero-order valence-electron chi connectivity index (χ0n) is 25.2. The second-order valence-corrected chi connectivity index (χ2v) is 13.7. The number of methoxy groups -OCH3 is 1. The van der Waals surface area contributed by atoms with Crippen LogP contribution in [0.1, 0.15) is 75.5 Å². The van der Waals surface area contributed by atoms with Gasteiger partial charge in [0.1, 0.15) is 0 Å². The number of aromatic nitrogens is 2. The van der Waals surface area contributed by atoms with Crippen LogP contribution in [0.5, 0.6) is 0 Å². The first-order valence-corrected chi connectivity index (χ1v) is 15.9. The van der Waals surface area contributed by atoms with E-state index in [0.717, 1.165) is 77.7 Å². The molecular weight excluding hydrogens is 545 g/mol. The molecule has 11 heteroatoms. The van der Waals surface area contributed by atoms with Crippen molar-refractivity contribution in [2.75, 3.05) is 40.5 Å². The number of pyridine rings is 1. The van der Waals surface area contributed by atoms with E-state index in [1.807, 2.05) is 0 Å². The minimum atomic E-state index is -4.54. The molecule has 2 N–H and O–H groups in total. The van der Waals surface area contributed by atoms with Gasteiger partial charge in [0.25, 0.3) is 0 Å². The number of rotatable bonds is 8. The molecule has 2 saturated carbocycles. The van der Waals surface area contributed by atoms with Gasteiger partial charge in [-0.3, -0.25) is 18.8 Å². The summed E-state index contributed by atoms with van der Waals surface area (Å²) < 4.78 is 51.4. The molecule has 234 valence electrons. The Labute approximate surface area is 246 Å². The molecular formula is C31H47F3N6O2. The van der Waals surface area contributed by atoms with Crippen molar-refractivity contribution in [1.82, 2.24) is 29.6 Å². The molecule has 0 spiro atoms. The van der Waals surface area contributed by atoms with Crippen LogP contribution in [0.4, 0.5) is 13.2 Å². The molecule has 2 saturated heterocycles. The van der Waals surface area contributed by atoms with Crippen LogP contribution in [0, 0.1) is 29.6 Å². The molecule has 2 aliphatic carbocycles. The first kappa shape index (κ1) is 30.1. The lowest BCUT2D eigenvalue weighted by Crippen LogP contribution is -2.51. The molecule has 4 aliphatic rings. The van der Waals surface area contributed by atoms with Crippen molar-refractivity contribution < 1.29 is 17.9 Å². The highest BCUT2D eigenvalue weighted by atomic mass is 19.4. The summed E-state index contributed by atoms with van der Waals surface area (Å²) in [5.41, 5.74) is 6.23. The minimum absolute atomic E-state index is 0.0373. The number of hydrogen-bond acceptors (Lipinski definition) is 6. The third-order valence-corrected chi connectivity index (χ3v) is 10.6. The monoisotopic (exact) mass is 592 g/mol. The zero-order chi connectivity index (χ0) is 29.6. The fraction of sp³-hybridized carbons (Fsp3) is 0.774. The van der Waals surface area contributed by atoms with Crippen LogP contribution in [-0.2, 0) is 17.5 Å². The van der Waals surface area contributed by atoms with E-state index in [4.69, 9.17) is 4.74 Å². The number of nitrogens with one attached hydrogen (secondary N) is 2. The summed E-state index contributed by atoms with van der Waals surface area (Å²) in [6, 6.07) is 1.15. The molecule has 6 rings (SSSR count). The standard InChI is InChI=1S/C31H47F3N6O2/c1-20-6-5-9-38(14-20)15-22-12-26(31(32,33)34)27-17-39(30(41)40(27)16-22)25-8-4-7-23(13-25)28(29-36-35-19-37(29)2)24-10-21(11-24)18-42-3/h12,16-17,20-21,23-25,28-29,35-36H,4-11,13-15,18-19H2,1-3H3/t20-,21?,23?,24?,25?,28+,29?/m0/s1. The van der Waals surface area contributed by atoms with Crippen molar-refractivity contribution in [3.8, 4) is 0 Å². The van der Waals surface area contributed by atoms with Gasteiger partial charge < -0.3 is 4.74 Å². The largest absolute Gasteiger partial charge is 0.418 e. The van der Waals surface area contributed by atoms with Gasteiger partial charge in [0.15, 0.2) is 0 Å². The van der Waals surface area contributed by atoms with Crippen LogP contribution in [0.25, 0.3) is 5.52 Å². The van der Waals surface area contributed by atoms with Crippen LogP contribution < -0.4 is 16.5 Å². The molecule has 0 bridgehead atoms. The van der Waals surface area contributed by atoms with Crippen LogP contribution in [0.2, 0.25) is 0 Å². The summed E-state index contributed by atoms with van der Waals surface area (Å²) in [4.78, 5) is 18.3. The zero-order valence-corrected chi connectivity index (χ0v) is 25.2. The first-order valence-electron chi connectivity index (χ1n) is 15.9. The number of piperidine rings is 1. The molecule has 5 atom stereocenters. The van der Waals surface area contributed by atoms with Gasteiger partial charge in [-0.25, -0.2) is 15.6 Å². The number of hydrazine groups is 1. The van der Waals surface area contributed by atoms with E-state index >= 15 is 0 Å². The number of imidazole rings is 1. The maximum absolute atomic E-state index is 14.4. The van der Waals surface area contributed by atoms with Gasteiger partial charge >= 0.3 is 11.9 Å². The second-order valence-electron chi connectivity index (χ2n) is 13.7. The van der Waals surface area contributed by atoms with Crippen LogP contribution in [0.3, 0.4) is 0 Å². The predicted molar refractivity (Wildman–Crippen MR) is 156 cm³/mol. The van der Waals surface area contributed by atoms with Gasteiger partial charge in [0.05, 0.1) is 23.9 Å². The summed E-state index contributed by atoms with van der Waals surface area (Å²) in [5.74, 6) is 2.46. The van der Waals surface area contributed by atoms with Gasteiger partial charge in [-0.15, -0.1) is 0 Å². The molecule has 4 heterocycles. The second kappa shape index (κ2) is 12.2. The van der Waals surface area contributed by atoms with E-state index in [9.17, 15) is 18.0 Å². The molecule has 42 heavy (non-hydrogen) atoms. The number of alkyl halides is 3. The highest BCUT2D eigenvalue weighted by Crippen LogP contribution is 2.49. The van der Waals surface area contributed by atoms with Crippen molar-refractivity contribution in [2.24, 2.45) is 29.6 Å². The Morgan fingerprint density at radius 2 is 1.90 bits per heavy atom. The van der Waals surface area contributed by atoms with Crippen molar-refractivity contribution >= 4 is 5.52 Å². The summed E-state index contributed by atoms with van der Waals surface area (Å²) in [5, 5.41) is 0. The number of hydrogen-bond donors (Lipinski definition) is 2. The van der Waals surface area contributed by atoms with Crippen LogP contribution in [-0.4, -0.2) is 65.5 Å². The van der Waals surface area contributed by atoms with Crippen LogP contribution >= 0.6 is 0 Å². The maximum Gasteiger partial charge on any atom is 0.418 e. The molecule has 0 radical (unpaired) electrons. The Balaban J connectivity index is 1.28. The minimum Gasteiger partial charge on any atom is -0.384 e. The summed E-state index contributed by atoms with van der Waals surface area (Å²) in [6.45, 7) is 5.91. The third-order valence-electron chi connectivity index (χ3n) is 10.6. The predicted octanol–water partition coefficient (Wildman–Crippen LogP) is 4.70. The molecule has 4 fully saturated rings. The average molecular weight is 593 g/mol. The van der Waals surface area contributed by atoms with E-state index in [-0.39, 0.29) is 23.4 Å². The SMILES string of the molecule is COCC1CC([C@@H](C2CCCC(n3cc4c(C(F)(F)F)cc(CN5CCC[C@H](C)C5)cn4c3=O)C2)C2NNCN2C)C1. The highest BCUT2D eigenvalue weighted by Gasteiger charge is 2.46. The number of nitrogens with zero attached hydrogens (tertiary/aromatic N) is 4. The fourth-order valence-corrected chi connectivity index (χ4v) is 8.58. The Bertz CT molecular complexity index is 1290. The van der Waals surface area contributed by atoms with Crippen molar-refractivity contribution in [2.45, 2.75) is 83.2 Å². The van der Waals surface area contributed by atoms with Gasteiger partial charge in [-0.05, 0) is 99.8 Å². The van der Waals surface area contributed by atoms with E-state index in [2.05, 4.69) is 34.6 Å². The van der Waals surface area contributed by atoms with Gasteiger partial charge in [0, 0.05) is 45.2 Å². The van der Waals surface area contributed by atoms with Gasteiger partial charge in [-0.2, -0.15) is 13.2 Å². The fourth-order valence-electron chi connectivity index (χ4n) is 8.58. The topological polar surface area (TPSA) is 66.2 Å². The first-order chi connectivity index (χ1) is 20.1. The number of likely N-dealkylation sites (tertiary alicyclic amines) is 1. The summed E-state index contributed by atoms with van der Waals surface area (Å²) >= 11 is 0. The van der Waals surface area contributed by atoms with Crippen LogP contribution in [0.15, 0.2) is 23.3 Å². The van der Waals surface area contributed by atoms with Gasteiger partial charge in [0.2, 0.25) is 0 Å². The summed E-state index contributed by atoms with van der Waals surface area (Å²) in [7, 11) is 3.88. The van der Waals surface area contributed by atoms with E-state index in [1.54, 1.807) is 17.9 Å². The quantitative estimate of drug-likeness (QED) is 0.464. The van der Waals surface area contributed by atoms with E-state index in [0.29, 0.717) is 41.7 Å². The molecule has 0 aromatic carbocycles. The van der Waals surface area contributed by atoms with E-state index in [1.165, 1.54) is 16.7 Å². The van der Waals surface area contributed by atoms with Crippen molar-refractivity contribution in [3.63, 3.8) is 0 Å². The lowest BCUT2D eigenvalue weighted by atomic mass is 9.61. The Kier molecular flexibility index (Phi) is 8.77. The molecule has 0 amide bonds. The number of fused-ring (bicyclic) bond motifs is 1. The average Bonchev–Trinajstić information content (AvgIpc) is 3.49. The highest BCUT2D eigenvalue weighted by molar-refractivity contribution is 5.56. The number of ether oxygens (including phenoxy) is 1. The molecule has 8 nitrogen and oxygen atoms in total. The van der Waals surface area contributed by atoms with E-state index < -0.39 is 11.7 Å². The number of halogens is 3.